The van der Waals surface area contributed by atoms with E-state index >= 15 is 0 Å². The van der Waals surface area contributed by atoms with Crippen LogP contribution in [0.3, 0.4) is 0 Å². The number of fused-ring (bicyclic) bond motifs is 1. The molecule has 3 aromatic rings. The highest BCUT2D eigenvalue weighted by molar-refractivity contribution is 5.94. The third-order valence-corrected chi connectivity index (χ3v) is 5.32. The van der Waals surface area contributed by atoms with Crippen molar-refractivity contribution in [2.45, 2.75) is 18.7 Å². The van der Waals surface area contributed by atoms with E-state index in [9.17, 15) is 27.6 Å². The first-order valence-electron chi connectivity index (χ1n) is 10.3. The Bertz CT molecular complexity index is 1300. The van der Waals surface area contributed by atoms with Crippen LogP contribution in [0.25, 0.3) is 22.0 Å². The van der Waals surface area contributed by atoms with E-state index in [0.29, 0.717) is 11.1 Å². The maximum Gasteiger partial charge on any atom is 0.417 e. The Morgan fingerprint density at radius 3 is 2.68 bits per heavy atom. The first kappa shape index (κ1) is 23.3. The molecule has 1 saturated heterocycles. The van der Waals surface area contributed by atoms with Crippen molar-refractivity contribution >= 4 is 28.5 Å². The Morgan fingerprint density at radius 1 is 1.18 bits per heavy atom. The van der Waals surface area contributed by atoms with Crippen LogP contribution in [0.5, 0.6) is 0 Å². The Morgan fingerprint density at radius 2 is 1.94 bits per heavy atom. The van der Waals surface area contributed by atoms with Crippen LogP contribution in [0, 0.1) is 0 Å². The van der Waals surface area contributed by atoms with Crippen LogP contribution in [0.4, 0.5) is 23.7 Å². The molecule has 4 rings (SSSR count). The molecule has 0 bridgehead atoms. The van der Waals surface area contributed by atoms with E-state index in [1.807, 2.05) is 0 Å². The molecule has 0 radical (unpaired) electrons. The number of nitrogens with two attached hydrogens (primary N) is 1. The minimum atomic E-state index is -4.59. The fourth-order valence-electron chi connectivity index (χ4n) is 3.72. The lowest BCUT2D eigenvalue weighted by Gasteiger charge is -2.15. The van der Waals surface area contributed by atoms with Crippen molar-refractivity contribution in [2.75, 3.05) is 24.6 Å². The van der Waals surface area contributed by atoms with Crippen LogP contribution in [-0.2, 0) is 20.4 Å². The van der Waals surface area contributed by atoms with Crippen molar-refractivity contribution in [3.05, 3.63) is 64.4 Å². The fourth-order valence-corrected chi connectivity index (χ4v) is 3.72. The molecular formula is C23H20F3N3O5. The van der Waals surface area contributed by atoms with Gasteiger partial charge in [0.25, 0.3) is 5.56 Å². The van der Waals surface area contributed by atoms with Crippen LogP contribution in [0.2, 0.25) is 0 Å². The van der Waals surface area contributed by atoms with Crippen LogP contribution in [0.15, 0.2) is 53.3 Å². The summed E-state index contributed by atoms with van der Waals surface area (Å²) in [5.74, 6) is -0.503. The lowest BCUT2D eigenvalue weighted by molar-refractivity contribution is -0.145. The summed E-state index contributed by atoms with van der Waals surface area (Å²) < 4.78 is 50.4. The number of esters is 1. The van der Waals surface area contributed by atoms with Gasteiger partial charge in [0.15, 0.2) is 6.10 Å². The highest BCUT2D eigenvalue weighted by atomic mass is 19.4. The predicted molar refractivity (Wildman–Crippen MR) is 117 cm³/mol. The van der Waals surface area contributed by atoms with Gasteiger partial charge in [-0.15, -0.1) is 0 Å². The number of amides is 1. The van der Waals surface area contributed by atoms with Crippen LogP contribution >= 0.6 is 0 Å². The van der Waals surface area contributed by atoms with E-state index in [1.54, 1.807) is 12.1 Å². The van der Waals surface area contributed by atoms with Gasteiger partial charge >= 0.3 is 18.2 Å². The summed E-state index contributed by atoms with van der Waals surface area (Å²) in [7, 11) is 0. The van der Waals surface area contributed by atoms with Gasteiger partial charge in [-0.05, 0) is 29.7 Å². The number of aromatic nitrogens is 1. The number of alkyl halides is 3. The molecule has 3 N–H and O–H groups in total. The Hall–Kier alpha value is -3.86. The minimum Gasteiger partial charge on any atom is -0.462 e. The van der Waals surface area contributed by atoms with E-state index in [2.05, 4.69) is 4.98 Å². The number of nitrogens with one attached hydrogen (secondary N) is 1. The second kappa shape index (κ2) is 9.18. The van der Waals surface area contributed by atoms with Crippen molar-refractivity contribution in [1.29, 1.82) is 0 Å². The average Bonchev–Trinajstić information content (AvgIpc) is 3.17. The van der Waals surface area contributed by atoms with Gasteiger partial charge in [0.2, 0.25) is 0 Å². The number of carbonyl (C=O) groups excluding carboxylic acids is 2. The largest absolute Gasteiger partial charge is 0.462 e. The molecule has 0 saturated carbocycles. The topological polar surface area (TPSA) is 115 Å². The van der Waals surface area contributed by atoms with Crippen molar-refractivity contribution in [1.82, 2.24) is 4.98 Å². The zero-order valence-electron chi connectivity index (χ0n) is 17.7. The molecule has 2 heterocycles. The summed E-state index contributed by atoms with van der Waals surface area (Å²) in [5, 5.41) is 0.593. The van der Waals surface area contributed by atoms with E-state index in [0.717, 1.165) is 6.07 Å². The standard InChI is InChI=1S/C23H20F3N3O5/c24-23(25,26)18-4-2-1-3-16(18)19-9-13-5-6-14(10-17(13)21(31)28-19)29-11-15(34-22(29)32)12-33-20(30)7-8-27/h1-6,9-10,15H,7-8,11-12,27H2,(H,28,31). The van der Waals surface area contributed by atoms with E-state index in [1.165, 1.54) is 35.2 Å². The summed E-state index contributed by atoms with van der Waals surface area (Å²) in [6.07, 6.45) is -5.90. The summed E-state index contributed by atoms with van der Waals surface area (Å²) in [6, 6.07) is 11.0. The smallest absolute Gasteiger partial charge is 0.417 e. The third kappa shape index (κ3) is 4.74. The number of aromatic amines is 1. The quantitative estimate of drug-likeness (QED) is 0.528. The number of H-pyrrole nitrogens is 1. The number of nitrogens with zero attached hydrogens (tertiary/aromatic N) is 1. The van der Waals surface area contributed by atoms with Crippen molar-refractivity contribution in [2.24, 2.45) is 5.73 Å². The zero-order chi connectivity index (χ0) is 24.5. The third-order valence-electron chi connectivity index (χ3n) is 5.32. The van der Waals surface area contributed by atoms with Gasteiger partial charge in [-0.3, -0.25) is 14.5 Å². The van der Waals surface area contributed by atoms with Gasteiger partial charge in [0.05, 0.1) is 18.5 Å². The highest BCUT2D eigenvalue weighted by Crippen LogP contribution is 2.36. The number of rotatable bonds is 6. The SMILES string of the molecule is NCCC(=O)OCC1CN(c2ccc3cc(-c4ccccc4C(F)(F)F)[nH]c(=O)c3c2)C(=O)O1. The number of cyclic esters (lactones) is 1. The number of anilines is 1. The number of benzene rings is 2. The van der Waals surface area contributed by atoms with Crippen LogP contribution in [-0.4, -0.2) is 42.8 Å². The average molecular weight is 475 g/mol. The van der Waals surface area contributed by atoms with Crippen molar-refractivity contribution < 1.29 is 32.2 Å². The first-order valence-corrected chi connectivity index (χ1v) is 10.3. The molecule has 1 aromatic heterocycles. The molecule has 2 aromatic carbocycles. The van der Waals surface area contributed by atoms with Gasteiger partial charge in [0.1, 0.15) is 6.61 Å². The second-order valence-electron chi connectivity index (χ2n) is 7.67. The van der Waals surface area contributed by atoms with Crippen LogP contribution < -0.4 is 16.2 Å². The van der Waals surface area contributed by atoms with Crippen molar-refractivity contribution in [3.63, 3.8) is 0 Å². The molecule has 1 aliphatic rings. The molecule has 1 unspecified atom stereocenters. The Labute approximate surface area is 191 Å². The fraction of sp³-hybridized carbons (Fsp3) is 0.261. The molecule has 0 spiro atoms. The Kier molecular flexibility index (Phi) is 6.29. The van der Waals surface area contributed by atoms with Gasteiger partial charge in [-0.25, -0.2) is 4.79 Å². The zero-order valence-corrected chi connectivity index (χ0v) is 17.7. The summed E-state index contributed by atoms with van der Waals surface area (Å²) in [6.45, 7) is 0.108. The second-order valence-corrected chi connectivity index (χ2v) is 7.67. The molecular weight excluding hydrogens is 455 g/mol. The number of ether oxygens (including phenoxy) is 2. The molecule has 1 fully saturated rings. The first-order chi connectivity index (χ1) is 16.2. The molecule has 1 amide bonds. The minimum absolute atomic E-state index is 0.0260. The lowest BCUT2D eigenvalue weighted by Crippen LogP contribution is -2.27. The number of hydrogen-bond acceptors (Lipinski definition) is 6. The van der Waals surface area contributed by atoms with E-state index in [-0.39, 0.29) is 42.8 Å². The summed E-state index contributed by atoms with van der Waals surface area (Å²) in [4.78, 5) is 40.3. The van der Waals surface area contributed by atoms with Gasteiger partial charge in [-0.1, -0.05) is 24.3 Å². The molecule has 178 valence electrons. The molecule has 8 nitrogen and oxygen atoms in total. The Balaban J connectivity index is 1.61. The van der Waals surface area contributed by atoms with Crippen LogP contribution in [0.1, 0.15) is 12.0 Å². The molecule has 11 heteroatoms. The van der Waals surface area contributed by atoms with Crippen molar-refractivity contribution in [3.8, 4) is 11.3 Å². The van der Waals surface area contributed by atoms with Gasteiger partial charge in [-0.2, -0.15) is 13.2 Å². The summed E-state index contributed by atoms with van der Waals surface area (Å²) in [5.41, 5.74) is 4.06. The normalized spacial score (nSPS) is 16.1. The number of carbonyl (C=O) groups is 2. The maximum absolute atomic E-state index is 13.4. The van der Waals surface area contributed by atoms with Gasteiger partial charge < -0.3 is 20.2 Å². The highest BCUT2D eigenvalue weighted by Gasteiger charge is 2.34. The molecule has 0 aliphatic carbocycles. The maximum atomic E-state index is 13.4. The number of hydrogen-bond donors (Lipinski definition) is 2. The monoisotopic (exact) mass is 475 g/mol. The number of pyridine rings is 1. The molecule has 1 aliphatic heterocycles. The lowest BCUT2D eigenvalue weighted by atomic mass is 10.0. The van der Waals surface area contributed by atoms with E-state index in [4.69, 9.17) is 15.2 Å². The molecule has 34 heavy (non-hydrogen) atoms. The molecule has 1 atom stereocenters. The van der Waals surface area contributed by atoms with E-state index < -0.39 is 35.5 Å². The number of halogens is 3. The van der Waals surface area contributed by atoms with Gasteiger partial charge in [0, 0.05) is 28.9 Å². The predicted octanol–water partition coefficient (Wildman–Crippen LogP) is 3.43. The summed E-state index contributed by atoms with van der Waals surface area (Å²) >= 11 is 0.